The van der Waals surface area contributed by atoms with Gasteiger partial charge in [0.15, 0.2) is 0 Å². The summed E-state index contributed by atoms with van der Waals surface area (Å²) < 4.78 is 28.7. The number of unbranched alkanes of at least 4 members (excludes halogenated alkanes) is 1. The lowest BCUT2D eigenvalue weighted by Crippen LogP contribution is -2.36. The van der Waals surface area contributed by atoms with E-state index < -0.39 is 10.0 Å². The van der Waals surface area contributed by atoms with Crippen molar-refractivity contribution >= 4 is 32.2 Å². The molecular weight excluding hydrogens is 386 g/mol. The summed E-state index contributed by atoms with van der Waals surface area (Å²) in [6.45, 7) is 2.15. The molecule has 8 heteroatoms. The fraction of sp³-hybridized carbons (Fsp3) is 0.190. The van der Waals surface area contributed by atoms with Gasteiger partial charge in [-0.2, -0.15) is 0 Å². The van der Waals surface area contributed by atoms with E-state index in [2.05, 4.69) is 27.6 Å². The van der Waals surface area contributed by atoms with Crippen LogP contribution in [0.5, 0.6) is 0 Å². The van der Waals surface area contributed by atoms with Gasteiger partial charge in [-0.15, -0.1) is 5.53 Å². The molecule has 3 aromatic rings. The fourth-order valence-electron chi connectivity index (χ4n) is 3.20. The molecule has 0 radical (unpaired) electrons. The largest absolute Gasteiger partial charge is 0.306 e. The fourth-order valence-corrected chi connectivity index (χ4v) is 4.32. The van der Waals surface area contributed by atoms with Crippen LogP contribution in [0.2, 0.25) is 0 Å². The van der Waals surface area contributed by atoms with Crippen molar-refractivity contribution < 1.29 is 8.42 Å². The van der Waals surface area contributed by atoms with E-state index in [1.54, 1.807) is 53.8 Å². The first kappa shape index (κ1) is 19.2. The van der Waals surface area contributed by atoms with Crippen molar-refractivity contribution in [3.05, 3.63) is 72.8 Å². The minimum atomic E-state index is -3.75. The van der Waals surface area contributed by atoms with E-state index in [1.165, 1.54) is 0 Å². The maximum atomic E-state index is 13.0. The number of pyridine rings is 1. The van der Waals surface area contributed by atoms with Crippen LogP contribution in [-0.4, -0.2) is 13.4 Å². The van der Waals surface area contributed by atoms with E-state index in [9.17, 15) is 8.42 Å². The molecule has 7 nitrogen and oxygen atoms in total. The standard InChI is InChI=1S/C21H23N5O2S/c1-2-3-7-17-15-26(25-23-17)18-8-5-9-19(13-18)29(27,28)24-21-10-4-6-16-14-22-12-11-20(16)21/h4-6,8-15,23-25H,2-3,7H2,1H3. The van der Waals surface area contributed by atoms with Crippen LogP contribution in [0.1, 0.15) is 26.2 Å². The zero-order valence-electron chi connectivity index (χ0n) is 16.1. The Hall–Kier alpha value is -3.10. The topological polar surface area (TPSA) is 86.4 Å². The molecule has 2 aromatic carbocycles. The van der Waals surface area contributed by atoms with Crippen LogP contribution in [0.3, 0.4) is 0 Å². The second-order valence-electron chi connectivity index (χ2n) is 6.87. The Kier molecular flexibility index (Phi) is 5.37. The number of nitrogens with one attached hydrogen (secondary N) is 3. The minimum Gasteiger partial charge on any atom is -0.306 e. The number of anilines is 2. The minimum absolute atomic E-state index is 0.193. The van der Waals surface area contributed by atoms with Gasteiger partial charge in [0.05, 0.1) is 16.3 Å². The van der Waals surface area contributed by atoms with Crippen LogP contribution in [-0.2, 0) is 10.0 Å². The number of aromatic nitrogens is 1. The zero-order chi connectivity index (χ0) is 20.3. The van der Waals surface area contributed by atoms with E-state index in [0.717, 1.165) is 41.4 Å². The quantitative estimate of drug-likeness (QED) is 0.549. The number of rotatable bonds is 7. The number of benzene rings is 2. The number of sulfonamides is 1. The molecule has 0 fully saturated rings. The smallest absolute Gasteiger partial charge is 0.261 e. The molecular formula is C21H23N5O2S. The molecule has 0 unspecified atom stereocenters. The van der Waals surface area contributed by atoms with Gasteiger partial charge in [0.1, 0.15) is 0 Å². The van der Waals surface area contributed by atoms with E-state index in [0.29, 0.717) is 5.69 Å². The van der Waals surface area contributed by atoms with Crippen LogP contribution < -0.4 is 20.7 Å². The summed E-state index contributed by atoms with van der Waals surface area (Å²) in [6, 6.07) is 14.1. The van der Waals surface area contributed by atoms with Gasteiger partial charge >= 0.3 is 0 Å². The Balaban J connectivity index is 1.60. The normalized spacial score (nSPS) is 14.0. The van der Waals surface area contributed by atoms with Crippen molar-refractivity contribution in [2.45, 2.75) is 31.1 Å². The van der Waals surface area contributed by atoms with Crippen LogP contribution >= 0.6 is 0 Å². The maximum Gasteiger partial charge on any atom is 0.261 e. The molecule has 2 heterocycles. The summed E-state index contributed by atoms with van der Waals surface area (Å²) in [5.74, 6) is 0. The lowest BCUT2D eigenvalue weighted by molar-refractivity contribution is 0.601. The number of hydrazine groups is 2. The second-order valence-corrected chi connectivity index (χ2v) is 8.55. The predicted octanol–water partition coefficient (Wildman–Crippen LogP) is 3.90. The van der Waals surface area contributed by atoms with Gasteiger partial charge in [-0.1, -0.05) is 31.5 Å². The molecule has 0 saturated heterocycles. The Bertz CT molecular complexity index is 1160. The highest BCUT2D eigenvalue weighted by Gasteiger charge is 2.19. The molecule has 29 heavy (non-hydrogen) atoms. The van der Waals surface area contributed by atoms with E-state index >= 15 is 0 Å². The average Bonchev–Trinajstić information content (AvgIpc) is 3.21. The summed E-state index contributed by atoms with van der Waals surface area (Å²) in [5, 5.41) is 3.46. The number of fused-ring (bicyclic) bond motifs is 1. The highest BCUT2D eigenvalue weighted by molar-refractivity contribution is 7.92. The summed E-state index contributed by atoms with van der Waals surface area (Å²) in [6.07, 6.45) is 8.45. The van der Waals surface area contributed by atoms with E-state index in [-0.39, 0.29) is 4.90 Å². The Morgan fingerprint density at radius 1 is 1.14 bits per heavy atom. The van der Waals surface area contributed by atoms with Gasteiger partial charge in [-0.3, -0.25) is 14.7 Å². The third-order valence-electron chi connectivity index (χ3n) is 4.75. The van der Waals surface area contributed by atoms with Crippen LogP contribution in [0.15, 0.2) is 77.7 Å². The van der Waals surface area contributed by atoms with Crippen LogP contribution in [0, 0.1) is 0 Å². The van der Waals surface area contributed by atoms with Crippen molar-refractivity contribution in [2.24, 2.45) is 0 Å². The average molecular weight is 410 g/mol. The van der Waals surface area contributed by atoms with Crippen molar-refractivity contribution in [3.63, 3.8) is 0 Å². The van der Waals surface area contributed by atoms with Gasteiger partial charge in [0.25, 0.3) is 10.0 Å². The van der Waals surface area contributed by atoms with Gasteiger partial charge in [0, 0.05) is 35.1 Å². The van der Waals surface area contributed by atoms with Gasteiger partial charge in [-0.25, -0.2) is 8.42 Å². The van der Waals surface area contributed by atoms with Crippen molar-refractivity contribution in [3.8, 4) is 0 Å². The van der Waals surface area contributed by atoms with E-state index in [1.807, 2.05) is 18.3 Å². The molecule has 0 spiro atoms. The number of allylic oxidation sites excluding steroid dienone is 1. The predicted molar refractivity (Wildman–Crippen MR) is 115 cm³/mol. The third kappa shape index (κ3) is 4.18. The SMILES string of the molecule is CCCCC1=CN(c2cccc(S(=O)(=O)Nc3cccc4cnccc34)c2)NN1. The first-order chi connectivity index (χ1) is 14.1. The summed E-state index contributed by atoms with van der Waals surface area (Å²) >= 11 is 0. The molecule has 0 saturated carbocycles. The lowest BCUT2D eigenvalue weighted by Gasteiger charge is -2.17. The van der Waals surface area contributed by atoms with Crippen LogP contribution in [0.4, 0.5) is 11.4 Å². The maximum absolute atomic E-state index is 13.0. The van der Waals surface area contributed by atoms with Gasteiger partial charge < -0.3 is 5.43 Å². The molecule has 4 rings (SSSR count). The van der Waals surface area contributed by atoms with Crippen molar-refractivity contribution in [2.75, 3.05) is 9.73 Å². The highest BCUT2D eigenvalue weighted by Crippen LogP contribution is 2.27. The number of hydrogen-bond acceptors (Lipinski definition) is 6. The highest BCUT2D eigenvalue weighted by atomic mass is 32.2. The summed E-state index contributed by atoms with van der Waals surface area (Å²) in [7, 11) is -3.75. The number of nitrogens with zero attached hydrogens (tertiary/aromatic N) is 2. The Morgan fingerprint density at radius 2 is 2.00 bits per heavy atom. The van der Waals surface area contributed by atoms with Crippen LogP contribution in [0.25, 0.3) is 10.8 Å². The first-order valence-corrected chi connectivity index (χ1v) is 11.0. The summed E-state index contributed by atoms with van der Waals surface area (Å²) in [4.78, 5) is 4.28. The molecule has 0 amide bonds. The van der Waals surface area contributed by atoms with E-state index in [4.69, 9.17) is 0 Å². The molecule has 0 aliphatic carbocycles. The zero-order valence-corrected chi connectivity index (χ0v) is 16.9. The molecule has 1 aliphatic heterocycles. The molecule has 1 aliphatic rings. The molecule has 150 valence electrons. The third-order valence-corrected chi connectivity index (χ3v) is 6.12. The molecule has 3 N–H and O–H groups in total. The van der Waals surface area contributed by atoms with Gasteiger partial charge in [-0.05, 0) is 43.2 Å². The van der Waals surface area contributed by atoms with Gasteiger partial charge in [0.2, 0.25) is 0 Å². The summed E-state index contributed by atoms with van der Waals surface area (Å²) in [5.41, 5.74) is 8.51. The monoisotopic (exact) mass is 409 g/mol. The van der Waals surface area contributed by atoms with Crippen molar-refractivity contribution in [1.82, 2.24) is 15.9 Å². The Morgan fingerprint density at radius 3 is 2.86 bits per heavy atom. The number of hydrogen-bond donors (Lipinski definition) is 3. The molecule has 0 bridgehead atoms. The molecule has 1 aromatic heterocycles. The molecule has 0 atom stereocenters. The first-order valence-electron chi connectivity index (χ1n) is 9.54. The Labute approximate surface area is 170 Å². The lowest BCUT2D eigenvalue weighted by atomic mass is 10.1. The van der Waals surface area contributed by atoms with Crippen molar-refractivity contribution in [1.29, 1.82) is 0 Å². The second kappa shape index (κ2) is 8.10.